The summed E-state index contributed by atoms with van der Waals surface area (Å²) in [6, 6.07) is 7.08. The van der Waals surface area contributed by atoms with Crippen molar-refractivity contribution in [3.05, 3.63) is 46.7 Å². The lowest BCUT2D eigenvalue weighted by Gasteiger charge is -2.20. The van der Waals surface area contributed by atoms with Crippen LogP contribution in [-0.4, -0.2) is 29.0 Å². The van der Waals surface area contributed by atoms with Gasteiger partial charge in [0.25, 0.3) is 5.91 Å². The summed E-state index contributed by atoms with van der Waals surface area (Å²) in [5.41, 5.74) is 1.90. The molecule has 126 valence electrons. The first-order valence-electron chi connectivity index (χ1n) is 8.29. The van der Waals surface area contributed by atoms with Crippen LogP contribution in [-0.2, 0) is 0 Å². The Morgan fingerprint density at radius 3 is 2.67 bits per heavy atom. The van der Waals surface area contributed by atoms with Crippen molar-refractivity contribution in [1.82, 2.24) is 9.97 Å². The summed E-state index contributed by atoms with van der Waals surface area (Å²) in [4.78, 5) is 23.5. The number of halogens is 1. The number of aromatic nitrogens is 2. The highest BCUT2D eigenvalue weighted by atomic mass is 35.5. The molecular weight excluding hydrogens is 324 g/mol. The van der Waals surface area contributed by atoms with Crippen molar-refractivity contribution in [2.45, 2.75) is 32.6 Å². The molecule has 0 saturated carbocycles. The largest absolute Gasteiger partial charge is 0.341 e. The van der Waals surface area contributed by atoms with Crippen molar-refractivity contribution < 1.29 is 4.79 Å². The lowest BCUT2D eigenvalue weighted by molar-refractivity contribution is 0.102. The molecule has 1 fully saturated rings. The maximum atomic E-state index is 12.5. The van der Waals surface area contributed by atoms with Gasteiger partial charge in [0.05, 0.1) is 0 Å². The van der Waals surface area contributed by atoms with Crippen molar-refractivity contribution >= 4 is 29.1 Å². The summed E-state index contributed by atoms with van der Waals surface area (Å²) >= 11 is 6.10. The second-order valence-corrected chi connectivity index (χ2v) is 6.42. The number of hydrogen-bond acceptors (Lipinski definition) is 4. The standard InChI is InChI=1S/C18H21ClN4O/c1-13-14(19)7-6-8-15(13)21-17(24)16-9-10-20-18(22-16)23-11-4-2-3-5-12-23/h6-10H,2-5,11-12H2,1H3,(H,21,24). The summed E-state index contributed by atoms with van der Waals surface area (Å²) in [5.74, 6) is 0.381. The predicted octanol–water partition coefficient (Wildman–Crippen LogP) is 4.07. The number of benzene rings is 1. The fourth-order valence-corrected chi connectivity index (χ4v) is 3.00. The molecule has 1 aliphatic heterocycles. The van der Waals surface area contributed by atoms with E-state index >= 15 is 0 Å². The van der Waals surface area contributed by atoms with Crippen LogP contribution in [0.3, 0.4) is 0 Å². The molecule has 5 nitrogen and oxygen atoms in total. The Hall–Kier alpha value is -2.14. The predicted molar refractivity (Wildman–Crippen MR) is 96.9 cm³/mol. The van der Waals surface area contributed by atoms with Gasteiger partial charge in [-0.3, -0.25) is 4.79 Å². The monoisotopic (exact) mass is 344 g/mol. The highest BCUT2D eigenvalue weighted by Crippen LogP contribution is 2.23. The molecule has 1 aliphatic rings. The van der Waals surface area contributed by atoms with E-state index in [9.17, 15) is 4.79 Å². The Balaban J connectivity index is 1.77. The van der Waals surface area contributed by atoms with Gasteiger partial charge in [0.2, 0.25) is 5.95 Å². The molecule has 0 spiro atoms. The van der Waals surface area contributed by atoms with Crippen LogP contribution in [0, 0.1) is 6.92 Å². The second-order valence-electron chi connectivity index (χ2n) is 6.01. The molecule has 6 heteroatoms. The van der Waals surface area contributed by atoms with Crippen molar-refractivity contribution in [1.29, 1.82) is 0 Å². The van der Waals surface area contributed by atoms with Crippen LogP contribution in [0.2, 0.25) is 5.02 Å². The lowest BCUT2D eigenvalue weighted by Crippen LogP contribution is -2.27. The summed E-state index contributed by atoms with van der Waals surface area (Å²) in [5, 5.41) is 3.50. The molecule has 1 aromatic carbocycles. The number of rotatable bonds is 3. The smallest absolute Gasteiger partial charge is 0.274 e. The Morgan fingerprint density at radius 2 is 1.92 bits per heavy atom. The van der Waals surface area contributed by atoms with E-state index in [1.807, 2.05) is 19.1 Å². The Labute approximate surface area is 147 Å². The van der Waals surface area contributed by atoms with Crippen molar-refractivity contribution in [3.63, 3.8) is 0 Å². The minimum absolute atomic E-state index is 0.251. The van der Waals surface area contributed by atoms with Crippen LogP contribution in [0.25, 0.3) is 0 Å². The minimum Gasteiger partial charge on any atom is -0.341 e. The van der Waals surface area contributed by atoms with E-state index in [1.54, 1.807) is 18.3 Å². The molecule has 1 amide bonds. The van der Waals surface area contributed by atoms with Crippen LogP contribution in [0.1, 0.15) is 41.7 Å². The number of amides is 1. The molecule has 0 bridgehead atoms. The zero-order valence-corrected chi connectivity index (χ0v) is 14.5. The van der Waals surface area contributed by atoms with E-state index in [4.69, 9.17) is 11.6 Å². The van der Waals surface area contributed by atoms with Gasteiger partial charge in [-0.25, -0.2) is 9.97 Å². The van der Waals surface area contributed by atoms with Crippen molar-refractivity contribution in [2.24, 2.45) is 0 Å². The molecule has 1 aromatic heterocycles. The molecule has 1 saturated heterocycles. The first kappa shape index (κ1) is 16.7. The van der Waals surface area contributed by atoms with E-state index < -0.39 is 0 Å². The Morgan fingerprint density at radius 1 is 1.17 bits per heavy atom. The van der Waals surface area contributed by atoms with Crippen molar-refractivity contribution in [3.8, 4) is 0 Å². The van der Waals surface area contributed by atoms with E-state index in [0.717, 1.165) is 31.5 Å². The van der Waals surface area contributed by atoms with Crippen LogP contribution < -0.4 is 10.2 Å². The quantitative estimate of drug-likeness (QED) is 0.911. The number of carbonyl (C=O) groups is 1. The first-order chi connectivity index (χ1) is 11.6. The van der Waals surface area contributed by atoms with Gasteiger partial charge in [0.1, 0.15) is 5.69 Å². The third-order valence-corrected chi connectivity index (χ3v) is 4.69. The fourth-order valence-electron chi connectivity index (χ4n) is 2.83. The summed E-state index contributed by atoms with van der Waals surface area (Å²) in [7, 11) is 0. The average Bonchev–Trinajstić information content (AvgIpc) is 2.88. The van der Waals surface area contributed by atoms with Crippen LogP contribution in [0.15, 0.2) is 30.5 Å². The molecular formula is C18H21ClN4O. The lowest BCUT2D eigenvalue weighted by atomic mass is 10.2. The highest BCUT2D eigenvalue weighted by Gasteiger charge is 2.16. The number of nitrogens with one attached hydrogen (secondary N) is 1. The summed E-state index contributed by atoms with van der Waals surface area (Å²) < 4.78 is 0. The van der Waals surface area contributed by atoms with Gasteiger partial charge in [-0.05, 0) is 43.5 Å². The first-order valence-corrected chi connectivity index (χ1v) is 8.67. The topological polar surface area (TPSA) is 58.1 Å². The van der Waals surface area contributed by atoms with Crippen LogP contribution in [0.5, 0.6) is 0 Å². The number of nitrogens with zero attached hydrogens (tertiary/aromatic N) is 3. The van der Waals surface area contributed by atoms with Crippen LogP contribution in [0.4, 0.5) is 11.6 Å². The summed E-state index contributed by atoms with van der Waals surface area (Å²) in [6.07, 6.45) is 6.41. The fraction of sp³-hybridized carbons (Fsp3) is 0.389. The molecule has 0 radical (unpaired) electrons. The number of hydrogen-bond donors (Lipinski definition) is 1. The molecule has 0 aliphatic carbocycles. The van der Waals surface area contributed by atoms with Gasteiger partial charge in [-0.1, -0.05) is 30.5 Å². The molecule has 3 rings (SSSR count). The maximum absolute atomic E-state index is 12.5. The number of anilines is 2. The van der Waals surface area contributed by atoms with E-state index in [-0.39, 0.29) is 5.91 Å². The van der Waals surface area contributed by atoms with E-state index in [0.29, 0.717) is 22.4 Å². The Bertz CT molecular complexity index is 727. The second kappa shape index (κ2) is 7.62. The van der Waals surface area contributed by atoms with Gasteiger partial charge >= 0.3 is 0 Å². The molecule has 24 heavy (non-hydrogen) atoms. The molecule has 1 N–H and O–H groups in total. The third-order valence-electron chi connectivity index (χ3n) is 4.28. The zero-order chi connectivity index (χ0) is 16.9. The van der Waals surface area contributed by atoms with Gasteiger partial charge in [0.15, 0.2) is 0 Å². The third kappa shape index (κ3) is 3.85. The van der Waals surface area contributed by atoms with E-state index in [1.165, 1.54) is 12.8 Å². The Kier molecular flexibility index (Phi) is 5.30. The van der Waals surface area contributed by atoms with Crippen molar-refractivity contribution in [2.75, 3.05) is 23.3 Å². The average molecular weight is 345 g/mol. The molecule has 0 atom stereocenters. The van der Waals surface area contributed by atoms with Gasteiger partial charge in [0, 0.05) is 30.0 Å². The normalized spacial score (nSPS) is 15.0. The van der Waals surface area contributed by atoms with E-state index in [2.05, 4.69) is 20.2 Å². The molecule has 0 unspecified atom stereocenters. The zero-order valence-electron chi connectivity index (χ0n) is 13.8. The SMILES string of the molecule is Cc1c(Cl)cccc1NC(=O)c1ccnc(N2CCCCCC2)n1. The van der Waals surface area contributed by atoms with Gasteiger partial charge in [-0.2, -0.15) is 0 Å². The number of carbonyl (C=O) groups excluding carboxylic acids is 1. The summed E-state index contributed by atoms with van der Waals surface area (Å²) in [6.45, 7) is 3.76. The van der Waals surface area contributed by atoms with Gasteiger partial charge in [-0.15, -0.1) is 0 Å². The molecule has 2 aromatic rings. The van der Waals surface area contributed by atoms with Gasteiger partial charge < -0.3 is 10.2 Å². The highest BCUT2D eigenvalue weighted by molar-refractivity contribution is 6.31. The van der Waals surface area contributed by atoms with Crippen LogP contribution >= 0.6 is 11.6 Å². The molecule has 2 heterocycles. The maximum Gasteiger partial charge on any atom is 0.274 e. The minimum atomic E-state index is -0.251.